The average molecular weight is 233 g/mol. The van der Waals surface area contributed by atoms with Crippen LogP contribution in [0.5, 0.6) is 0 Å². The Morgan fingerprint density at radius 3 is 3.00 bits per heavy atom. The van der Waals surface area contributed by atoms with Gasteiger partial charge in [0.15, 0.2) is 5.58 Å². The van der Waals surface area contributed by atoms with Crippen LogP contribution in [0.1, 0.15) is 0 Å². The normalized spacial score (nSPS) is 15.9. The van der Waals surface area contributed by atoms with Gasteiger partial charge in [0, 0.05) is 0 Å². The third kappa shape index (κ3) is 0.994. The van der Waals surface area contributed by atoms with Gasteiger partial charge in [-0.05, 0) is 6.07 Å². The lowest BCUT2D eigenvalue weighted by Gasteiger charge is -2.07. The zero-order valence-electron chi connectivity index (χ0n) is 8.71. The van der Waals surface area contributed by atoms with Crippen molar-refractivity contribution in [3.8, 4) is 0 Å². The fraction of sp³-hybridized carbons (Fsp3) is 0.182. The van der Waals surface area contributed by atoms with Crippen LogP contribution in [0.2, 0.25) is 0 Å². The van der Waals surface area contributed by atoms with Crippen LogP contribution in [0.3, 0.4) is 0 Å². The number of fused-ring (bicyclic) bond motifs is 2. The van der Waals surface area contributed by atoms with E-state index in [1.54, 1.807) is 6.07 Å². The first-order valence-corrected chi connectivity index (χ1v) is 5.27. The van der Waals surface area contributed by atoms with Crippen LogP contribution in [-0.2, 0) is 0 Å². The third-order valence-electron chi connectivity index (χ3n) is 3.18. The zero-order valence-corrected chi connectivity index (χ0v) is 8.71. The van der Waals surface area contributed by atoms with Crippen LogP contribution in [0.25, 0.3) is 11.0 Å². The molecule has 2 aliphatic rings. The average Bonchev–Trinajstić information content (AvgIpc) is 2.86. The summed E-state index contributed by atoms with van der Waals surface area (Å²) in [6, 6.07) is 2.54. The quantitative estimate of drug-likeness (QED) is 0.675. The first-order chi connectivity index (χ1) is 8.24. The van der Waals surface area contributed by atoms with E-state index in [9.17, 15) is 9.18 Å². The van der Waals surface area contributed by atoms with Gasteiger partial charge in [-0.2, -0.15) is 0 Å². The maximum absolute atomic E-state index is 13.7. The second kappa shape index (κ2) is 2.71. The van der Waals surface area contributed by atoms with Crippen LogP contribution >= 0.6 is 0 Å². The minimum absolute atomic E-state index is 0.292. The second-order valence-electron chi connectivity index (χ2n) is 4.15. The highest BCUT2D eigenvalue weighted by Gasteiger charge is 2.30. The topological polar surface area (TPSA) is 57.5 Å². The van der Waals surface area contributed by atoms with E-state index in [-0.39, 0.29) is 0 Å². The monoisotopic (exact) mass is 233 g/mol. The predicted octanol–water partition coefficient (Wildman–Crippen LogP) is 1.50. The van der Waals surface area contributed by atoms with E-state index in [0.717, 1.165) is 17.4 Å². The minimum Gasteiger partial charge on any atom is -0.420 e. The summed E-state index contributed by atoms with van der Waals surface area (Å²) in [6.45, 7) is 1.31. The van der Waals surface area contributed by atoms with Gasteiger partial charge in [-0.15, -0.1) is 0 Å². The van der Waals surface area contributed by atoms with Crippen molar-refractivity contribution in [1.29, 1.82) is 0 Å². The lowest BCUT2D eigenvalue weighted by Crippen LogP contribution is -2.23. The molecule has 0 saturated heterocycles. The van der Waals surface area contributed by atoms with Crippen molar-refractivity contribution >= 4 is 28.0 Å². The zero-order chi connectivity index (χ0) is 11.6. The van der Waals surface area contributed by atoms with Gasteiger partial charge < -0.3 is 20.0 Å². The van der Waals surface area contributed by atoms with E-state index in [1.165, 1.54) is 0 Å². The molecule has 0 atom stereocenters. The molecule has 0 unspecified atom stereocenters. The fourth-order valence-corrected chi connectivity index (χ4v) is 2.45. The van der Waals surface area contributed by atoms with Crippen molar-refractivity contribution in [1.82, 2.24) is 0 Å². The molecule has 0 aliphatic carbocycles. The van der Waals surface area contributed by atoms with Gasteiger partial charge in [-0.1, -0.05) is 0 Å². The Kier molecular flexibility index (Phi) is 1.41. The molecule has 3 heterocycles. The third-order valence-corrected chi connectivity index (χ3v) is 3.18. The highest BCUT2D eigenvalue weighted by atomic mass is 19.1. The van der Waals surface area contributed by atoms with Crippen LogP contribution in [0, 0.1) is 5.82 Å². The summed E-state index contributed by atoms with van der Waals surface area (Å²) < 4.78 is 18.8. The molecule has 4 rings (SSSR count). The van der Waals surface area contributed by atoms with Gasteiger partial charge in [0.05, 0.1) is 36.2 Å². The van der Waals surface area contributed by atoms with E-state index >= 15 is 0 Å². The Hall–Kier alpha value is -2.24. The molecule has 0 radical (unpaired) electrons. The molecule has 0 spiro atoms. The lowest BCUT2D eigenvalue weighted by atomic mass is 10.1. The number of rotatable bonds is 0. The highest BCUT2D eigenvalue weighted by molar-refractivity contribution is 6.05. The number of nitrogens with one attached hydrogen (secondary N) is 2. The molecule has 1 aromatic carbocycles. The predicted molar refractivity (Wildman–Crippen MR) is 61.9 cm³/mol. The van der Waals surface area contributed by atoms with Crippen molar-refractivity contribution in [2.24, 2.45) is 0 Å². The summed E-state index contributed by atoms with van der Waals surface area (Å²) >= 11 is 0. The molecule has 0 fully saturated rings. The van der Waals surface area contributed by atoms with Crippen LogP contribution in [0.4, 0.5) is 21.5 Å². The van der Waals surface area contributed by atoms with Gasteiger partial charge in [0.1, 0.15) is 11.5 Å². The van der Waals surface area contributed by atoms with Crippen LogP contribution < -0.4 is 21.2 Å². The maximum atomic E-state index is 13.7. The number of hydrogen-bond acceptors (Lipinski definition) is 5. The molecule has 86 valence electrons. The first kappa shape index (κ1) is 8.86. The second-order valence-corrected chi connectivity index (χ2v) is 4.15. The molecule has 17 heavy (non-hydrogen) atoms. The summed E-state index contributed by atoms with van der Waals surface area (Å²) in [5, 5.41) is 6.62. The standard InChI is InChI=1S/C11H8FN3O2/c12-6-2-8(16)17-11-5(6)1-7-10-9(11)14-4-15(10)3-13-7/h1-2,13-14H,3-4H2. The molecular formula is C11H8FN3O2. The van der Waals surface area contributed by atoms with Gasteiger partial charge in [0.25, 0.3) is 0 Å². The molecule has 6 heteroatoms. The van der Waals surface area contributed by atoms with E-state index in [0.29, 0.717) is 30.0 Å². The molecule has 0 amide bonds. The van der Waals surface area contributed by atoms with Crippen LogP contribution in [-0.4, -0.2) is 13.3 Å². The Labute approximate surface area is 94.8 Å². The summed E-state index contributed by atoms with van der Waals surface area (Å²) in [6.07, 6.45) is 0. The summed E-state index contributed by atoms with van der Waals surface area (Å²) in [5.74, 6) is -0.552. The largest absolute Gasteiger partial charge is 0.420 e. The van der Waals surface area contributed by atoms with Gasteiger partial charge >= 0.3 is 5.63 Å². The Morgan fingerprint density at radius 2 is 2.12 bits per heavy atom. The van der Waals surface area contributed by atoms with Crippen LogP contribution in [0.15, 0.2) is 21.3 Å². The molecule has 0 saturated carbocycles. The summed E-state index contributed by atoms with van der Waals surface area (Å²) in [4.78, 5) is 13.3. The molecular weight excluding hydrogens is 225 g/mol. The molecule has 2 N–H and O–H groups in total. The first-order valence-electron chi connectivity index (χ1n) is 5.27. The van der Waals surface area contributed by atoms with Crippen molar-refractivity contribution in [2.45, 2.75) is 0 Å². The number of halogens is 1. The van der Waals surface area contributed by atoms with E-state index in [2.05, 4.69) is 15.5 Å². The fourth-order valence-electron chi connectivity index (χ4n) is 2.45. The van der Waals surface area contributed by atoms with E-state index in [4.69, 9.17) is 4.42 Å². The smallest absolute Gasteiger partial charge is 0.339 e. The molecule has 5 nitrogen and oxygen atoms in total. The van der Waals surface area contributed by atoms with E-state index in [1.807, 2.05) is 0 Å². The molecule has 0 bridgehead atoms. The summed E-state index contributed by atoms with van der Waals surface area (Å²) in [5.41, 5.74) is 2.13. The summed E-state index contributed by atoms with van der Waals surface area (Å²) in [7, 11) is 0. The molecule has 2 aromatic rings. The number of nitrogens with zero attached hydrogens (tertiary/aromatic N) is 1. The minimum atomic E-state index is -0.669. The molecule has 1 aromatic heterocycles. The lowest BCUT2D eigenvalue weighted by molar-refractivity contribution is 0.540. The SMILES string of the molecule is O=c1cc(F)c2cc3c4c(c2o1)NCN4CN3. The van der Waals surface area contributed by atoms with Crippen molar-refractivity contribution in [3.63, 3.8) is 0 Å². The van der Waals surface area contributed by atoms with Gasteiger partial charge in [0.2, 0.25) is 0 Å². The van der Waals surface area contributed by atoms with Crippen molar-refractivity contribution in [2.75, 3.05) is 28.9 Å². The Balaban J connectivity index is 2.22. The maximum Gasteiger partial charge on any atom is 0.339 e. The number of benzene rings is 1. The highest BCUT2D eigenvalue weighted by Crippen LogP contribution is 2.46. The number of anilines is 3. The van der Waals surface area contributed by atoms with E-state index < -0.39 is 11.4 Å². The van der Waals surface area contributed by atoms with Crippen molar-refractivity contribution < 1.29 is 8.81 Å². The Morgan fingerprint density at radius 1 is 1.29 bits per heavy atom. The molecule has 2 aliphatic heterocycles. The Bertz CT molecular complexity index is 710. The van der Waals surface area contributed by atoms with Gasteiger partial charge in [-0.3, -0.25) is 0 Å². The van der Waals surface area contributed by atoms with Gasteiger partial charge in [-0.25, -0.2) is 9.18 Å². The van der Waals surface area contributed by atoms with Crippen molar-refractivity contribution in [3.05, 3.63) is 28.4 Å². The number of hydrogen-bond donors (Lipinski definition) is 2.